The largest absolute Gasteiger partial charge is 0.507 e. The molecule has 0 aromatic heterocycles. The van der Waals surface area contributed by atoms with Crippen molar-refractivity contribution in [2.24, 2.45) is 0 Å². The van der Waals surface area contributed by atoms with Crippen LogP contribution in [0.4, 0.5) is 5.69 Å². The Morgan fingerprint density at radius 1 is 0.963 bits per heavy atom. The normalized spacial score (nSPS) is 11.8. The van der Waals surface area contributed by atoms with E-state index in [9.17, 15) is 9.90 Å². The molecular weight excluding hydrogens is 334 g/mol. The second-order valence-corrected chi connectivity index (χ2v) is 8.38. The van der Waals surface area contributed by atoms with Gasteiger partial charge in [0.25, 0.3) is 5.91 Å². The molecule has 3 heteroatoms. The first-order valence-corrected chi connectivity index (χ1v) is 9.34. The van der Waals surface area contributed by atoms with Crippen LogP contribution in [0.15, 0.2) is 54.6 Å². The van der Waals surface area contributed by atoms with E-state index in [2.05, 4.69) is 52.1 Å². The predicted molar refractivity (Wildman–Crippen MR) is 113 cm³/mol. The molecule has 0 spiro atoms. The molecule has 2 N–H and O–H groups in total. The highest BCUT2D eigenvalue weighted by Gasteiger charge is 2.19. The van der Waals surface area contributed by atoms with Crippen molar-refractivity contribution >= 4 is 22.4 Å². The Labute approximate surface area is 161 Å². The summed E-state index contributed by atoms with van der Waals surface area (Å²) in [6.07, 6.45) is 0. The number of rotatable bonds is 3. The Kier molecular flexibility index (Phi) is 4.97. The monoisotopic (exact) mass is 361 g/mol. The molecule has 3 rings (SSSR count). The summed E-state index contributed by atoms with van der Waals surface area (Å²) in [5.41, 5.74) is 3.31. The van der Waals surface area contributed by atoms with E-state index < -0.39 is 0 Å². The molecule has 0 atom stereocenters. The molecule has 0 saturated heterocycles. The molecule has 3 aromatic rings. The Morgan fingerprint density at radius 2 is 1.59 bits per heavy atom. The molecule has 0 unspecified atom stereocenters. The van der Waals surface area contributed by atoms with Crippen molar-refractivity contribution in [2.75, 3.05) is 5.32 Å². The van der Waals surface area contributed by atoms with Gasteiger partial charge in [0.2, 0.25) is 0 Å². The minimum Gasteiger partial charge on any atom is -0.507 e. The molecule has 0 aliphatic carbocycles. The van der Waals surface area contributed by atoms with Gasteiger partial charge in [-0.05, 0) is 51.4 Å². The topological polar surface area (TPSA) is 49.3 Å². The highest BCUT2D eigenvalue weighted by Crippen LogP contribution is 2.32. The maximum absolute atomic E-state index is 12.9. The lowest BCUT2D eigenvalue weighted by atomic mass is 9.85. The van der Waals surface area contributed by atoms with Gasteiger partial charge in [-0.25, -0.2) is 0 Å². The van der Waals surface area contributed by atoms with Crippen LogP contribution in [0.2, 0.25) is 0 Å². The third kappa shape index (κ3) is 3.97. The van der Waals surface area contributed by atoms with E-state index in [-0.39, 0.29) is 28.6 Å². The number of nitrogens with one attached hydrogen (secondary N) is 1. The van der Waals surface area contributed by atoms with Gasteiger partial charge in [0.1, 0.15) is 5.75 Å². The van der Waals surface area contributed by atoms with Crippen molar-refractivity contribution in [1.29, 1.82) is 0 Å². The van der Waals surface area contributed by atoms with E-state index in [1.54, 1.807) is 12.1 Å². The summed E-state index contributed by atoms with van der Waals surface area (Å²) in [6.45, 7) is 10.7. The van der Waals surface area contributed by atoms with Gasteiger partial charge >= 0.3 is 0 Å². The number of benzene rings is 3. The summed E-state index contributed by atoms with van der Waals surface area (Å²) < 4.78 is 0. The summed E-state index contributed by atoms with van der Waals surface area (Å²) in [5.74, 6) is -0.0324. The Balaban J connectivity index is 2.01. The fraction of sp³-hybridized carbons (Fsp3) is 0.292. The Morgan fingerprint density at radius 3 is 2.19 bits per heavy atom. The van der Waals surface area contributed by atoms with Gasteiger partial charge in [-0.3, -0.25) is 4.79 Å². The molecule has 0 saturated carbocycles. The van der Waals surface area contributed by atoms with Crippen molar-refractivity contribution in [2.45, 2.75) is 46.0 Å². The van der Waals surface area contributed by atoms with Crippen molar-refractivity contribution in [1.82, 2.24) is 0 Å². The highest BCUT2D eigenvalue weighted by molar-refractivity contribution is 6.09. The van der Waals surface area contributed by atoms with Crippen LogP contribution in [-0.2, 0) is 5.41 Å². The van der Waals surface area contributed by atoms with E-state index in [1.807, 2.05) is 30.3 Å². The summed E-state index contributed by atoms with van der Waals surface area (Å²) in [4.78, 5) is 12.9. The van der Waals surface area contributed by atoms with Crippen LogP contribution >= 0.6 is 0 Å². The molecule has 3 aromatic carbocycles. The molecular formula is C24H27NO2. The molecule has 1 amide bonds. The van der Waals surface area contributed by atoms with Crippen molar-refractivity contribution in [3.8, 4) is 5.75 Å². The lowest BCUT2D eigenvalue weighted by Gasteiger charge is -2.23. The maximum atomic E-state index is 12.9. The number of hydrogen-bond donors (Lipinski definition) is 2. The van der Waals surface area contributed by atoms with E-state index in [0.717, 1.165) is 27.6 Å². The van der Waals surface area contributed by atoms with Crippen LogP contribution < -0.4 is 5.32 Å². The zero-order valence-electron chi connectivity index (χ0n) is 16.6. The number of phenolic OH excluding ortho intramolecular Hbond substituents is 1. The molecule has 0 fully saturated rings. The maximum Gasteiger partial charge on any atom is 0.259 e. The standard InChI is InChI=1S/C24H27NO2/c1-15(2)19-11-10-18(24(3,4)5)14-21(19)25-23(27)20-12-16-8-6-7-9-17(16)13-22(20)26/h6-15,26H,1-5H3,(H,25,27). The lowest BCUT2D eigenvalue weighted by molar-refractivity contribution is 0.102. The van der Waals surface area contributed by atoms with E-state index in [1.165, 1.54) is 0 Å². The first kappa shape index (κ1) is 19.0. The van der Waals surface area contributed by atoms with Gasteiger partial charge in [-0.15, -0.1) is 0 Å². The molecule has 3 nitrogen and oxygen atoms in total. The lowest BCUT2D eigenvalue weighted by Crippen LogP contribution is -2.16. The van der Waals surface area contributed by atoms with Gasteiger partial charge in [0.05, 0.1) is 5.56 Å². The summed E-state index contributed by atoms with van der Waals surface area (Å²) >= 11 is 0. The average Bonchev–Trinajstić information content (AvgIpc) is 2.60. The highest BCUT2D eigenvalue weighted by atomic mass is 16.3. The average molecular weight is 361 g/mol. The van der Waals surface area contributed by atoms with Crippen molar-refractivity contribution < 1.29 is 9.90 Å². The Bertz CT molecular complexity index is 997. The fourth-order valence-electron chi connectivity index (χ4n) is 3.23. The SMILES string of the molecule is CC(C)c1ccc(C(C)(C)C)cc1NC(=O)c1cc2ccccc2cc1O. The van der Waals surface area contributed by atoms with Crippen LogP contribution in [0.25, 0.3) is 10.8 Å². The quantitative estimate of drug-likeness (QED) is 0.582. The Hall–Kier alpha value is -2.81. The number of carbonyl (C=O) groups excluding carboxylic acids is 1. The van der Waals surface area contributed by atoms with Gasteiger partial charge in [-0.1, -0.05) is 71.0 Å². The third-order valence-electron chi connectivity index (χ3n) is 4.90. The molecule has 0 bridgehead atoms. The predicted octanol–water partition coefficient (Wildman–Crippen LogP) is 6.22. The summed E-state index contributed by atoms with van der Waals surface area (Å²) in [7, 11) is 0. The first-order chi connectivity index (χ1) is 12.7. The number of aromatic hydroxyl groups is 1. The number of phenols is 1. The zero-order valence-corrected chi connectivity index (χ0v) is 16.6. The van der Waals surface area contributed by atoms with Crippen LogP contribution in [0.3, 0.4) is 0 Å². The molecule has 0 aliphatic heterocycles. The van der Waals surface area contributed by atoms with E-state index >= 15 is 0 Å². The minimum absolute atomic E-state index is 0.00993. The minimum atomic E-state index is -0.300. The third-order valence-corrected chi connectivity index (χ3v) is 4.90. The number of fused-ring (bicyclic) bond motifs is 1. The van der Waals surface area contributed by atoms with Gasteiger partial charge in [0, 0.05) is 5.69 Å². The van der Waals surface area contributed by atoms with Crippen LogP contribution in [0, 0.1) is 0 Å². The zero-order chi connectivity index (χ0) is 19.8. The second kappa shape index (κ2) is 7.07. The fourth-order valence-corrected chi connectivity index (χ4v) is 3.23. The molecule has 0 heterocycles. The molecule has 140 valence electrons. The van der Waals surface area contributed by atoms with Gasteiger partial charge in [-0.2, -0.15) is 0 Å². The van der Waals surface area contributed by atoms with Crippen molar-refractivity contribution in [3.05, 3.63) is 71.3 Å². The van der Waals surface area contributed by atoms with Crippen LogP contribution in [0.1, 0.15) is 62.0 Å². The van der Waals surface area contributed by atoms with E-state index in [0.29, 0.717) is 0 Å². The smallest absolute Gasteiger partial charge is 0.259 e. The number of amides is 1. The number of carbonyl (C=O) groups is 1. The summed E-state index contributed by atoms with van der Waals surface area (Å²) in [5, 5.41) is 15.2. The second-order valence-electron chi connectivity index (χ2n) is 8.38. The van der Waals surface area contributed by atoms with Crippen LogP contribution in [-0.4, -0.2) is 11.0 Å². The number of hydrogen-bond acceptors (Lipinski definition) is 2. The molecule has 0 radical (unpaired) electrons. The van der Waals surface area contributed by atoms with Crippen molar-refractivity contribution in [3.63, 3.8) is 0 Å². The van der Waals surface area contributed by atoms with Gasteiger partial charge < -0.3 is 10.4 Å². The van der Waals surface area contributed by atoms with Gasteiger partial charge in [0.15, 0.2) is 0 Å². The number of anilines is 1. The summed E-state index contributed by atoms with van der Waals surface area (Å²) in [6, 6.07) is 17.3. The first-order valence-electron chi connectivity index (χ1n) is 9.34. The molecule has 0 aliphatic rings. The van der Waals surface area contributed by atoms with Crippen LogP contribution in [0.5, 0.6) is 5.75 Å². The molecule has 27 heavy (non-hydrogen) atoms. The van der Waals surface area contributed by atoms with E-state index in [4.69, 9.17) is 0 Å².